The van der Waals surface area contributed by atoms with E-state index >= 15 is 0 Å². The van der Waals surface area contributed by atoms with Crippen molar-refractivity contribution < 1.29 is 13.9 Å². The van der Waals surface area contributed by atoms with Crippen molar-refractivity contribution in [3.63, 3.8) is 0 Å². The van der Waals surface area contributed by atoms with Gasteiger partial charge in [-0.05, 0) is 75.6 Å². The maximum atomic E-state index is 11.6. The molecule has 0 saturated heterocycles. The van der Waals surface area contributed by atoms with Crippen LogP contribution < -0.4 is 10.6 Å². The summed E-state index contributed by atoms with van der Waals surface area (Å²) in [5, 5.41) is 6.18. The number of amides is 1. The van der Waals surface area contributed by atoms with Crippen LogP contribution in [0.25, 0.3) is 0 Å². The lowest BCUT2D eigenvalue weighted by molar-refractivity contribution is 0.0506. The Labute approximate surface area is 134 Å². The van der Waals surface area contributed by atoms with Gasteiger partial charge in [0.25, 0.3) is 0 Å². The number of furan rings is 1. The van der Waals surface area contributed by atoms with Gasteiger partial charge in [0.2, 0.25) is 0 Å². The van der Waals surface area contributed by atoms with E-state index in [1.165, 1.54) is 0 Å². The summed E-state index contributed by atoms with van der Waals surface area (Å²) in [5.41, 5.74) is -0.469. The Morgan fingerprint density at radius 1 is 1.38 bits per heavy atom. The first kappa shape index (κ1) is 18.0. The second kappa shape index (κ2) is 7.84. The third kappa shape index (κ3) is 7.52. The zero-order chi connectivity index (χ0) is 16.0. The maximum Gasteiger partial charge on any atom is 0.407 e. The molecule has 2 N–H and O–H groups in total. The first-order chi connectivity index (χ1) is 9.67. The summed E-state index contributed by atoms with van der Waals surface area (Å²) < 4.78 is 11.4. The van der Waals surface area contributed by atoms with Gasteiger partial charge in [-0.15, -0.1) is 0 Å². The minimum atomic E-state index is -0.469. The van der Waals surface area contributed by atoms with Crippen LogP contribution in [0, 0.1) is 0 Å². The number of carbonyl (C=O) groups excluding carboxylic acids is 1. The van der Waals surface area contributed by atoms with E-state index in [0.29, 0.717) is 0 Å². The van der Waals surface area contributed by atoms with Crippen molar-refractivity contribution in [1.82, 2.24) is 10.6 Å². The van der Waals surface area contributed by atoms with Gasteiger partial charge in [0.15, 0.2) is 4.67 Å². The molecule has 0 radical (unpaired) electrons. The number of hydrogen-bond acceptors (Lipinski definition) is 4. The van der Waals surface area contributed by atoms with Crippen LogP contribution in [0.3, 0.4) is 0 Å². The van der Waals surface area contributed by atoms with Crippen molar-refractivity contribution in [2.75, 3.05) is 6.54 Å². The number of rotatable bonds is 6. The number of hydrogen-bond donors (Lipinski definition) is 2. The van der Waals surface area contributed by atoms with Crippen LogP contribution in [0.15, 0.2) is 21.2 Å². The number of nitrogens with one attached hydrogen (secondary N) is 2. The molecule has 1 aromatic rings. The number of alkyl carbamates (subject to hydrolysis) is 1. The fraction of sp³-hybridized carbons (Fsp3) is 0.667. The van der Waals surface area contributed by atoms with E-state index in [9.17, 15) is 4.79 Å². The molecular formula is C15H25BrN2O3. The van der Waals surface area contributed by atoms with Gasteiger partial charge in [0.1, 0.15) is 11.4 Å². The van der Waals surface area contributed by atoms with Crippen molar-refractivity contribution in [2.24, 2.45) is 0 Å². The second-order valence-corrected chi connectivity index (χ2v) is 6.94. The van der Waals surface area contributed by atoms with Crippen LogP contribution in [0.2, 0.25) is 0 Å². The lowest BCUT2D eigenvalue weighted by Gasteiger charge is -2.22. The van der Waals surface area contributed by atoms with Gasteiger partial charge < -0.3 is 19.8 Å². The second-order valence-electron chi connectivity index (χ2n) is 6.15. The van der Waals surface area contributed by atoms with Gasteiger partial charge in [-0.3, -0.25) is 0 Å². The highest BCUT2D eigenvalue weighted by Gasteiger charge is 2.17. The highest BCUT2D eigenvalue weighted by molar-refractivity contribution is 9.10. The van der Waals surface area contributed by atoms with Crippen molar-refractivity contribution in [3.05, 3.63) is 22.6 Å². The van der Waals surface area contributed by atoms with E-state index in [2.05, 4.69) is 26.6 Å². The fourth-order valence-corrected chi connectivity index (χ4v) is 2.08. The summed E-state index contributed by atoms with van der Waals surface area (Å²) in [7, 11) is 0. The predicted molar refractivity (Wildman–Crippen MR) is 86.3 cm³/mol. The molecule has 0 spiro atoms. The summed E-state index contributed by atoms with van der Waals surface area (Å²) in [5.74, 6) is 0.884. The predicted octanol–water partition coefficient (Wildman–Crippen LogP) is 4.00. The Balaban J connectivity index is 2.24. The SMILES string of the molecule is CC(CCNC(C)c1ccc(Br)o1)NC(=O)OC(C)(C)C. The molecule has 0 saturated carbocycles. The minimum Gasteiger partial charge on any atom is -0.453 e. The first-order valence-corrected chi connectivity index (χ1v) is 7.95. The lowest BCUT2D eigenvalue weighted by Crippen LogP contribution is -2.39. The normalized spacial score (nSPS) is 14.6. The summed E-state index contributed by atoms with van der Waals surface area (Å²) in [6.07, 6.45) is 0.434. The highest BCUT2D eigenvalue weighted by Crippen LogP contribution is 2.19. The monoisotopic (exact) mass is 360 g/mol. The third-order valence-corrected chi connectivity index (χ3v) is 3.24. The molecule has 5 nitrogen and oxygen atoms in total. The molecular weight excluding hydrogens is 336 g/mol. The Morgan fingerprint density at radius 3 is 2.57 bits per heavy atom. The summed E-state index contributed by atoms with van der Waals surface area (Å²) >= 11 is 3.29. The van der Waals surface area contributed by atoms with E-state index in [4.69, 9.17) is 9.15 Å². The zero-order valence-corrected chi connectivity index (χ0v) is 14.9. The Hall–Kier alpha value is -1.01. The van der Waals surface area contributed by atoms with Crippen LogP contribution in [0.4, 0.5) is 4.79 Å². The summed E-state index contributed by atoms with van der Waals surface area (Å²) in [6.45, 7) is 10.3. The average molecular weight is 361 g/mol. The van der Waals surface area contributed by atoms with Gasteiger partial charge in [-0.1, -0.05) is 0 Å². The van der Waals surface area contributed by atoms with E-state index in [-0.39, 0.29) is 18.2 Å². The van der Waals surface area contributed by atoms with Crippen LogP contribution in [-0.2, 0) is 4.74 Å². The van der Waals surface area contributed by atoms with Gasteiger partial charge in [0.05, 0.1) is 6.04 Å². The standard InChI is InChI=1S/C15H25BrN2O3/c1-10(18-14(19)21-15(3,4)5)8-9-17-11(2)12-6-7-13(16)20-12/h6-7,10-11,17H,8-9H2,1-5H3,(H,18,19). The summed E-state index contributed by atoms with van der Waals surface area (Å²) in [6, 6.07) is 3.98. The molecule has 21 heavy (non-hydrogen) atoms. The molecule has 0 aliphatic rings. The van der Waals surface area contributed by atoms with Crippen molar-refractivity contribution >= 4 is 22.0 Å². The topological polar surface area (TPSA) is 63.5 Å². The molecule has 6 heteroatoms. The highest BCUT2D eigenvalue weighted by atomic mass is 79.9. The van der Waals surface area contributed by atoms with Crippen molar-refractivity contribution in [3.8, 4) is 0 Å². The Bertz CT molecular complexity index is 454. The molecule has 2 unspecified atom stereocenters. The smallest absolute Gasteiger partial charge is 0.407 e. The van der Waals surface area contributed by atoms with E-state index in [1.807, 2.05) is 46.8 Å². The molecule has 1 amide bonds. The van der Waals surface area contributed by atoms with Gasteiger partial charge in [0, 0.05) is 6.04 Å². The molecule has 0 aliphatic carbocycles. The molecule has 1 rings (SSSR count). The lowest BCUT2D eigenvalue weighted by atomic mass is 10.2. The number of carbonyl (C=O) groups is 1. The van der Waals surface area contributed by atoms with Crippen LogP contribution in [-0.4, -0.2) is 24.3 Å². The van der Waals surface area contributed by atoms with Gasteiger partial charge in [-0.25, -0.2) is 4.79 Å². The molecule has 0 bridgehead atoms. The molecule has 1 heterocycles. The van der Waals surface area contributed by atoms with Crippen molar-refractivity contribution in [1.29, 1.82) is 0 Å². The molecule has 120 valence electrons. The number of ether oxygens (including phenoxy) is 1. The van der Waals surface area contributed by atoms with Crippen LogP contribution >= 0.6 is 15.9 Å². The Kier molecular flexibility index (Phi) is 6.74. The number of halogens is 1. The largest absolute Gasteiger partial charge is 0.453 e. The quantitative estimate of drug-likeness (QED) is 0.804. The average Bonchev–Trinajstić information content (AvgIpc) is 2.72. The minimum absolute atomic E-state index is 0.0443. The molecule has 0 aromatic carbocycles. The molecule has 0 fully saturated rings. The van der Waals surface area contributed by atoms with Gasteiger partial charge >= 0.3 is 6.09 Å². The first-order valence-electron chi connectivity index (χ1n) is 7.15. The summed E-state index contributed by atoms with van der Waals surface area (Å²) in [4.78, 5) is 11.6. The fourth-order valence-electron chi connectivity index (χ4n) is 1.76. The molecule has 2 atom stereocenters. The van der Waals surface area contributed by atoms with E-state index in [1.54, 1.807) is 0 Å². The van der Waals surface area contributed by atoms with Crippen LogP contribution in [0.1, 0.15) is 52.8 Å². The third-order valence-electron chi connectivity index (χ3n) is 2.81. The van der Waals surface area contributed by atoms with Crippen LogP contribution in [0.5, 0.6) is 0 Å². The maximum absolute atomic E-state index is 11.6. The zero-order valence-electron chi connectivity index (χ0n) is 13.3. The molecule has 0 aliphatic heterocycles. The van der Waals surface area contributed by atoms with E-state index < -0.39 is 5.60 Å². The van der Waals surface area contributed by atoms with Crippen molar-refractivity contribution in [2.45, 2.75) is 58.7 Å². The van der Waals surface area contributed by atoms with Gasteiger partial charge in [-0.2, -0.15) is 0 Å². The Morgan fingerprint density at radius 2 is 2.05 bits per heavy atom. The molecule has 1 aromatic heterocycles. The van der Waals surface area contributed by atoms with E-state index in [0.717, 1.165) is 23.4 Å².